The average molecular weight is 430 g/mol. The Morgan fingerprint density at radius 1 is 1.23 bits per heavy atom. The Bertz CT molecular complexity index is 586. The second-order valence-electron chi connectivity index (χ2n) is 7.51. The standard InChI is InChI=1S/C19H32BrN3O3/c1-19(2,3)22-18(24)13-26-17-11-15(20)14(10-16(17)25-6)12-21-8-7-9-23(4)5/h10-11,21H,7-9,12-13H2,1-6H3,(H,22,24). The summed E-state index contributed by atoms with van der Waals surface area (Å²) in [5, 5.41) is 6.30. The number of benzene rings is 1. The smallest absolute Gasteiger partial charge is 0.258 e. The number of carbonyl (C=O) groups is 1. The van der Waals surface area contributed by atoms with Gasteiger partial charge in [-0.3, -0.25) is 4.79 Å². The van der Waals surface area contributed by atoms with Gasteiger partial charge in [0.15, 0.2) is 18.1 Å². The molecule has 0 aliphatic rings. The summed E-state index contributed by atoms with van der Waals surface area (Å²) in [4.78, 5) is 14.1. The quantitative estimate of drug-likeness (QED) is 0.559. The molecule has 2 N–H and O–H groups in total. The van der Waals surface area contributed by atoms with Crippen LogP contribution < -0.4 is 20.1 Å². The molecule has 7 heteroatoms. The Labute approximate surface area is 165 Å². The lowest BCUT2D eigenvalue weighted by Gasteiger charge is -2.21. The molecular formula is C19H32BrN3O3. The lowest BCUT2D eigenvalue weighted by Crippen LogP contribution is -2.43. The lowest BCUT2D eigenvalue weighted by atomic mass is 10.1. The van der Waals surface area contributed by atoms with E-state index in [1.54, 1.807) is 7.11 Å². The molecule has 148 valence electrons. The van der Waals surface area contributed by atoms with Gasteiger partial charge in [0.05, 0.1) is 7.11 Å². The molecule has 6 nitrogen and oxygen atoms in total. The van der Waals surface area contributed by atoms with Gasteiger partial charge in [-0.1, -0.05) is 15.9 Å². The predicted octanol–water partition coefficient (Wildman–Crippen LogP) is 2.79. The topological polar surface area (TPSA) is 62.8 Å². The third-order valence-corrected chi connectivity index (χ3v) is 4.22. The first-order chi connectivity index (χ1) is 12.1. The first-order valence-electron chi connectivity index (χ1n) is 8.78. The van der Waals surface area contributed by atoms with Crippen molar-refractivity contribution in [3.63, 3.8) is 0 Å². The zero-order chi connectivity index (χ0) is 19.7. The van der Waals surface area contributed by atoms with Crippen LogP contribution in [0.2, 0.25) is 0 Å². The fraction of sp³-hybridized carbons (Fsp3) is 0.632. The number of halogens is 1. The Kier molecular flexibility index (Phi) is 9.39. The van der Waals surface area contributed by atoms with Gasteiger partial charge >= 0.3 is 0 Å². The monoisotopic (exact) mass is 429 g/mol. The van der Waals surface area contributed by atoms with Crippen molar-refractivity contribution in [2.24, 2.45) is 0 Å². The predicted molar refractivity (Wildman–Crippen MR) is 109 cm³/mol. The number of amides is 1. The van der Waals surface area contributed by atoms with E-state index in [1.165, 1.54) is 0 Å². The summed E-state index contributed by atoms with van der Waals surface area (Å²) in [5.41, 5.74) is 0.797. The van der Waals surface area contributed by atoms with Crippen LogP contribution in [-0.4, -0.2) is 57.2 Å². The average Bonchev–Trinajstić information content (AvgIpc) is 2.52. The van der Waals surface area contributed by atoms with E-state index in [4.69, 9.17) is 9.47 Å². The molecule has 0 radical (unpaired) electrons. The number of nitrogens with one attached hydrogen (secondary N) is 2. The molecule has 1 amide bonds. The highest BCUT2D eigenvalue weighted by molar-refractivity contribution is 9.10. The van der Waals surface area contributed by atoms with Gasteiger partial charge in [0.1, 0.15) is 0 Å². The molecule has 26 heavy (non-hydrogen) atoms. The van der Waals surface area contributed by atoms with Gasteiger partial charge in [0.2, 0.25) is 0 Å². The van der Waals surface area contributed by atoms with Gasteiger partial charge < -0.3 is 25.0 Å². The van der Waals surface area contributed by atoms with Gasteiger partial charge in [-0.05, 0) is 72.1 Å². The summed E-state index contributed by atoms with van der Waals surface area (Å²) < 4.78 is 12.0. The Morgan fingerprint density at radius 2 is 1.92 bits per heavy atom. The molecule has 0 bridgehead atoms. The molecule has 0 fully saturated rings. The molecular weight excluding hydrogens is 398 g/mol. The molecule has 1 aromatic rings. The normalized spacial score (nSPS) is 11.5. The highest BCUT2D eigenvalue weighted by atomic mass is 79.9. The van der Waals surface area contributed by atoms with Gasteiger partial charge in [-0.25, -0.2) is 0 Å². The van der Waals surface area contributed by atoms with Crippen molar-refractivity contribution in [3.05, 3.63) is 22.2 Å². The third-order valence-electron chi connectivity index (χ3n) is 3.48. The van der Waals surface area contributed by atoms with Crippen molar-refractivity contribution < 1.29 is 14.3 Å². The molecule has 0 aliphatic carbocycles. The van der Waals surface area contributed by atoms with E-state index in [0.717, 1.165) is 36.1 Å². The maximum absolute atomic E-state index is 11.9. The molecule has 1 aromatic carbocycles. The minimum Gasteiger partial charge on any atom is -0.493 e. The van der Waals surface area contributed by atoms with Gasteiger partial charge in [0, 0.05) is 16.6 Å². The number of hydrogen-bond acceptors (Lipinski definition) is 5. The van der Waals surface area contributed by atoms with E-state index in [-0.39, 0.29) is 18.1 Å². The molecule has 0 heterocycles. The van der Waals surface area contributed by atoms with E-state index < -0.39 is 0 Å². The van der Waals surface area contributed by atoms with Crippen LogP contribution in [0.4, 0.5) is 0 Å². The SMILES string of the molecule is COc1cc(CNCCCN(C)C)c(Br)cc1OCC(=O)NC(C)(C)C. The molecule has 0 aliphatic heterocycles. The highest BCUT2D eigenvalue weighted by Gasteiger charge is 2.16. The van der Waals surface area contributed by atoms with Gasteiger partial charge in [-0.2, -0.15) is 0 Å². The van der Waals surface area contributed by atoms with E-state index in [1.807, 2.05) is 32.9 Å². The summed E-state index contributed by atoms with van der Waals surface area (Å²) in [6, 6.07) is 3.78. The fourth-order valence-electron chi connectivity index (χ4n) is 2.33. The second-order valence-corrected chi connectivity index (χ2v) is 8.37. The van der Waals surface area contributed by atoms with Crippen LogP contribution in [-0.2, 0) is 11.3 Å². The van der Waals surface area contributed by atoms with Crippen molar-refractivity contribution >= 4 is 21.8 Å². The lowest BCUT2D eigenvalue weighted by molar-refractivity contribution is -0.124. The summed E-state index contributed by atoms with van der Waals surface area (Å²) in [7, 11) is 5.74. The van der Waals surface area contributed by atoms with Crippen LogP contribution >= 0.6 is 15.9 Å². The zero-order valence-electron chi connectivity index (χ0n) is 16.7. The molecule has 0 unspecified atom stereocenters. The van der Waals surface area contributed by atoms with Crippen LogP contribution in [0.25, 0.3) is 0 Å². The minimum absolute atomic E-state index is 0.0534. The molecule has 0 atom stereocenters. The fourth-order valence-corrected chi connectivity index (χ4v) is 2.79. The minimum atomic E-state index is -0.285. The highest BCUT2D eigenvalue weighted by Crippen LogP contribution is 2.33. The number of nitrogens with zero attached hydrogens (tertiary/aromatic N) is 1. The molecule has 0 saturated heterocycles. The molecule has 0 saturated carbocycles. The third kappa shape index (κ3) is 8.87. The first-order valence-corrected chi connectivity index (χ1v) is 9.57. The Balaban J connectivity index is 2.63. The summed E-state index contributed by atoms with van der Waals surface area (Å²) in [5.74, 6) is 0.990. The molecule has 0 spiro atoms. The second kappa shape index (κ2) is 10.7. The molecule has 0 aromatic heterocycles. The zero-order valence-corrected chi connectivity index (χ0v) is 18.3. The van der Waals surface area contributed by atoms with E-state index in [0.29, 0.717) is 11.5 Å². The van der Waals surface area contributed by atoms with E-state index >= 15 is 0 Å². The van der Waals surface area contributed by atoms with Crippen LogP contribution in [0, 0.1) is 0 Å². The summed E-state index contributed by atoms with van der Waals surface area (Å²) in [6.07, 6.45) is 1.09. The van der Waals surface area contributed by atoms with Crippen LogP contribution in [0.5, 0.6) is 11.5 Å². The number of ether oxygens (including phenoxy) is 2. The number of hydrogen-bond donors (Lipinski definition) is 2. The van der Waals surface area contributed by atoms with E-state index in [9.17, 15) is 4.79 Å². The summed E-state index contributed by atoms with van der Waals surface area (Å²) >= 11 is 3.57. The van der Waals surface area contributed by atoms with E-state index in [2.05, 4.69) is 45.6 Å². The maximum Gasteiger partial charge on any atom is 0.258 e. The van der Waals surface area contributed by atoms with Crippen LogP contribution in [0.1, 0.15) is 32.8 Å². The van der Waals surface area contributed by atoms with Crippen molar-refractivity contribution in [1.82, 2.24) is 15.5 Å². The molecule has 1 rings (SSSR count). The number of rotatable bonds is 10. The van der Waals surface area contributed by atoms with Crippen LogP contribution in [0.15, 0.2) is 16.6 Å². The first kappa shape index (κ1) is 22.7. The van der Waals surface area contributed by atoms with Gasteiger partial charge in [-0.15, -0.1) is 0 Å². The maximum atomic E-state index is 11.9. The Morgan fingerprint density at radius 3 is 2.50 bits per heavy atom. The largest absolute Gasteiger partial charge is 0.493 e. The summed E-state index contributed by atoms with van der Waals surface area (Å²) in [6.45, 7) is 8.48. The van der Waals surface area contributed by atoms with Crippen molar-refractivity contribution in [3.8, 4) is 11.5 Å². The van der Waals surface area contributed by atoms with Crippen molar-refractivity contribution in [1.29, 1.82) is 0 Å². The van der Waals surface area contributed by atoms with Crippen molar-refractivity contribution in [2.45, 2.75) is 39.3 Å². The van der Waals surface area contributed by atoms with Crippen LogP contribution in [0.3, 0.4) is 0 Å². The van der Waals surface area contributed by atoms with Crippen molar-refractivity contribution in [2.75, 3.05) is 40.9 Å². The Hall–Kier alpha value is -1.31. The van der Waals surface area contributed by atoms with Gasteiger partial charge in [0.25, 0.3) is 5.91 Å². The number of carbonyl (C=O) groups excluding carboxylic acids is 1. The number of methoxy groups -OCH3 is 1.